The topological polar surface area (TPSA) is 40.5 Å². The Balaban J connectivity index is 1.94. The van der Waals surface area contributed by atoms with Gasteiger partial charge in [-0.25, -0.2) is 0 Å². The number of rotatable bonds is 4. The maximum absolute atomic E-state index is 12.2. The molecule has 3 nitrogen and oxygen atoms in total. The maximum atomic E-state index is 12.2. The average molecular weight is 301 g/mol. The van der Waals surface area contributed by atoms with Gasteiger partial charge in [-0.2, -0.15) is 13.2 Å². The molecule has 0 bridgehead atoms. The Morgan fingerprint density at radius 2 is 1.95 bits per heavy atom. The van der Waals surface area contributed by atoms with Crippen molar-refractivity contribution in [1.82, 2.24) is 4.90 Å². The lowest BCUT2D eigenvalue weighted by atomic mass is 10.1. The molecule has 0 unspecified atom stereocenters. The summed E-state index contributed by atoms with van der Waals surface area (Å²) >= 11 is 0. The quantitative estimate of drug-likeness (QED) is 0.929. The van der Waals surface area contributed by atoms with Crippen molar-refractivity contribution in [3.8, 4) is 0 Å². The number of hydrogen-bond acceptors (Lipinski definition) is 2. The van der Waals surface area contributed by atoms with Crippen LogP contribution in [0, 0.1) is 5.92 Å². The van der Waals surface area contributed by atoms with Crippen LogP contribution in [-0.4, -0.2) is 41.8 Å². The number of benzene rings is 1. The van der Waals surface area contributed by atoms with Crippen LogP contribution >= 0.6 is 0 Å². The van der Waals surface area contributed by atoms with E-state index in [0.717, 1.165) is 6.42 Å². The van der Waals surface area contributed by atoms with Gasteiger partial charge in [0.05, 0.1) is 0 Å². The van der Waals surface area contributed by atoms with Gasteiger partial charge >= 0.3 is 6.18 Å². The number of halogens is 3. The van der Waals surface area contributed by atoms with Crippen molar-refractivity contribution in [2.75, 3.05) is 19.7 Å². The van der Waals surface area contributed by atoms with Crippen LogP contribution in [0.4, 0.5) is 13.2 Å². The van der Waals surface area contributed by atoms with Gasteiger partial charge in [-0.3, -0.25) is 4.79 Å². The van der Waals surface area contributed by atoms with Gasteiger partial charge in [0.25, 0.3) is 5.91 Å². The summed E-state index contributed by atoms with van der Waals surface area (Å²) in [5.41, 5.74) is 1.04. The molecule has 1 atom stereocenters. The molecule has 1 fully saturated rings. The first-order valence-electron chi connectivity index (χ1n) is 6.95. The summed E-state index contributed by atoms with van der Waals surface area (Å²) in [6.45, 7) is 1.21. The van der Waals surface area contributed by atoms with Crippen LogP contribution in [0.5, 0.6) is 0 Å². The minimum absolute atomic E-state index is 0.0696. The summed E-state index contributed by atoms with van der Waals surface area (Å²) in [5.74, 6) is -0.00618. The van der Waals surface area contributed by atoms with E-state index in [9.17, 15) is 18.0 Å². The lowest BCUT2D eigenvalue weighted by molar-refractivity contribution is -0.134. The third-order valence-corrected chi connectivity index (χ3v) is 3.73. The standard InChI is InChI=1S/C15H18F3NO2/c16-15(17,18)7-5-11-1-3-13(4-2-11)14(21)19-8-6-12(9-19)10-20/h1-4,12,20H,5-10H2/t12-/m0/s1. The minimum Gasteiger partial charge on any atom is -0.396 e. The van der Waals surface area contributed by atoms with Crippen LogP contribution in [0.3, 0.4) is 0 Å². The van der Waals surface area contributed by atoms with E-state index in [1.54, 1.807) is 29.2 Å². The van der Waals surface area contributed by atoms with Gasteiger partial charge in [-0.1, -0.05) is 12.1 Å². The van der Waals surface area contributed by atoms with Crippen LogP contribution in [0.15, 0.2) is 24.3 Å². The molecule has 1 amide bonds. The van der Waals surface area contributed by atoms with Crippen molar-refractivity contribution in [2.45, 2.75) is 25.4 Å². The monoisotopic (exact) mass is 301 g/mol. The van der Waals surface area contributed by atoms with Crippen LogP contribution < -0.4 is 0 Å². The van der Waals surface area contributed by atoms with Gasteiger partial charge in [0.1, 0.15) is 0 Å². The van der Waals surface area contributed by atoms with Gasteiger partial charge < -0.3 is 10.0 Å². The van der Waals surface area contributed by atoms with Crippen LogP contribution in [-0.2, 0) is 6.42 Å². The van der Waals surface area contributed by atoms with E-state index in [2.05, 4.69) is 0 Å². The smallest absolute Gasteiger partial charge is 0.389 e. The molecule has 0 spiro atoms. The number of nitrogens with zero attached hydrogens (tertiary/aromatic N) is 1. The van der Waals surface area contributed by atoms with Gasteiger partial charge in [-0.15, -0.1) is 0 Å². The molecule has 1 aliphatic heterocycles. The highest BCUT2D eigenvalue weighted by atomic mass is 19.4. The number of alkyl halides is 3. The Hall–Kier alpha value is -1.56. The number of aliphatic hydroxyl groups is 1. The Labute approximate surface area is 121 Å². The summed E-state index contributed by atoms with van der Waals surface area (Å²) in [6, 6.07) is 6.28. The second kappa shape index (κ2) is 6.47. The number of carbonyl (C=O) groups is 1. The Kier molecular flexibility index (Phi) is 4.88. The third-order valence-electron chi connectivity index (χ3n) is 3.73. The molecule has 116 valence electrons. The molecule has 2 rings (SSSR count). The molecule has 21 heavy (non-hydrogen) atoms. The Morgan fingerprint density at radius 1 is 1.29 bits per heavy atom. The second-order valence-corrected chi connectivity index (χ2v) is 5.40. The molecule has 1 aromatic carbocycles. The fraction of sp³-hybridized carbons (Fsp3) is 0.533. The largest absolute Gasteiger partial charge is 0.396 e. The number of likely N-dealkylation sites (tertiary alicyclic amines) is 1. The highest BCUT2D eigenvalue weighted by Gasteiger charge is 2.27. The molecule has 1 heterocycles. The summed E-state index contributed by atoms with van der Waals surface area (Å²) in [5, 5.41) is 9.07. The van der Waals surface area contributed by atoms with Crippen molar-refractivity contribution >= 4 is 5.91 Å². The number of aliphatic hydroxyl groups excluding tert-OH is 1. The zero-order valence-corrected chi connectivity index (χ0v) is 11.6. The van der Waals surface area contributed by atoms with Crippen molar-refractivity contribution in [3.05, 3.63) is 35.4 Å². The normalized spacial score (nSPS) is 19.0. The number of hydrogen-bond donors (Lipinski definition) is 1. The highest BCUT2D eigenvalue weighted by molar-refractivity contribution is 5.94. The van der Waals surface area contributed by atoms with Gasteiger partial charge in [0.2, 0.25) is 0 Å². The van der Waals surface area contributed by atoms with E-state index in [1.165, 1.54) is 0 Å². The molecule has 0 aliphatic carbocycles. The highest BCUT2D eigenvalue weighted by Crippen LogP contribution is 2.23. The maximum Gasteiger partial charge on any atom is 0.389 e. The number of aryl methyl sites for hydroxylation is 1. The molecule has 1 aromatic rings. The fourth-order valence-corrected chi connectivity index (χ4v) is 2.45. The van der Waals surface area contributed by atoms with E-state index < -0.39 is 12.6 Å². The second-order valence-electron chi connectivity index (χ2n) is 5.40. The SMILES string of the molecule is O=C(c1ccc(CCC(F)(F)F)cc1)N1CC[C@H](CO)C1. The number of carbonyl (C=O) groups excluding carboxylic acids is 1. The van der Waals surface area contributed by atoms with Gasteiger partial charge in [-0.05, 0) is 30.5 Å². The molecule has 1 N–H and O–H groups in total. The predicted octanol–water partition coefficient (Wildman–Crippen LogP) is 2.64. The molecule has 0 saturated carbocycles. The number of amides is 1. The summed E-state index contributed by atoms with van der Waals surface area (Å²) in [7, 11) is 0. The van der Waals surface area contributed by atoms with Crippen molar-refractivity contribution in [2.24, 2.45) is 5.92 Å². The van der Waals surface area contributed by atoms with Crippen LogP contribution in [0.25, 0.3) is 0 Å². The lowest BCUT2D eigenvalue weighted by Gasteiger charge is -2.16. The van der Waals surface area contributed by atoms with Crippen molar-refractivity contribution < 1.29 is 23.1 Å². The first kappa shape index (κ1) is 15.8. The molecule has 1 aliphatic rings. The van der Waals surface area contributed by atoms with E-state index in [4.69, 9.17) is 5.11 Å². The first-order valence-corrected chi connectivity index (χ1v) is 6.95. The minimum atomic E-state index is -4.16. The summed E-state index contributed by atoms with van der Waals surface area (Å²) < 4.78 is 36.4. The van der Waals surface area contributed by atoms with E-state index in [-0.39, 0.29) is 24.9 Å². The zero-order chi connectivity index (χ0) is 15.5. The molecule has 0 aromatic heterocycles. The Morgan fingerprint density at radius 3 is 2.48 bits per heavy atom. The predicted molar refractivity (Wildman–Crippen MR) is 71.9 cm³/mol. The fourth-order valence-electron chi connectivity index (χ4n) is 2.45. The Bertz CT molecular complexity index is 485. The van der Waals surface area contributed by atoms with Crippen molar-refractivity contribution in [1.29, 1.82) is 0 Å². The van der Waals surface area contributed by atoms with Gasteiger partial charge in [0, 0.05) is 37.6 Å². The van der Waals surface area contributed by atoms with Crippen LogP contribution in [0.2, 0.25) is 0 Å². The molecular formula is C15H18F3NO2. The van der Waals surface area contributed by atoms with E-state index in [1.807, 2.05) is 0 Å². The summed E-state index contributed by atoms with van der Waals surface area (Å²) in [4.78, 5) is 13.9. The average Bonchev–Trinajstić information content (AvgIpc) is 2.93. The molecular weight excluding hydrogens is 283 g/mol. The summed E-state index contributed by atoms with van der Waals surface area (Å²) in [6.07, 6.45) is -4.31. The molecule has 0 radical (unpaired) electrons. The molecule has 6 heteroatoms. The third kappa shape index (κ3) is 4.46. The van der Waals surface area contributed by atoms with E-state index >= 15 is 0 Å². The lowest BCUT2D eigenvalue weighted by Crippen LogP contribution is -2.29. The van der Waals surface area contributed by atoms with Crippen LogP contribution in [0.1, 0.15) is 28.8 Å². The zero-order valence-electron chi connectivity index (χ0n) is 11.6. The van der Waals surface area contributed by atoms with Gasteiger partial charge in [0.15, 0.2) is 0 Å². The van der Waals surface area contributed by atoms with Crippen molar-refractivity contribution in [3.63, 3.8) is 0 Å². The first-order chi connectivity index (χ1) is 9.89. The molecule has 1 saturated heterocycles. The van der Waals surface area contributed by atoms with E-state index in [0.29, 0.717) is 24.2 Å².